The van der Waals surface area contributed by atoms with Crippen LogP contribution in [0.2, 0.25) is 0 Å². The number of hydrogen-bond donors (Lipinski definition) is 1. The minimum absolute atomic E-state index is 0.200. The summed E-state index contributed by atoms with van der Waals surface area (Å²) in [5.41, 5.74) is 4.83. The molecule has 9 heteroatoms. The van der Waals surface area contributed by atoms with Gasteiger partial charge in [-0.05, 0) is 69.8 Å². The Kier molecular flexibility index (Phi) is 8.03. The summed E-state index contributed by atoms with van der Waals surface area (Å²) in [5.74, 6) is 1.73. The summed E-state index contributed by atoms with van der Waals surface area (Å²) in [6.07, 6.45) is 1.82. The Bertz CT molecular complexity index is 1410. The number of benzene rings is 2. The van der Waals surface area contributed by atoms with Crippen molar-refractivity contribution in [3.63, 3.8) is 0 Å². The van der Waals surface area contributed by atoms with Gasteiger partial charge in [-0.3, -0.25) is 9.48 Å². The molecule has 0 aliphatic heterocycles. The van der Waals surface area contributed by atoms with Gasteiger partial charge in [0.05, 0.1) is 18.8 Å². The normalized spacial score (nSPS) is 11.1. The number of rotatable bonds is 10. The van der Waals surface area contributed by atoms with E-state index in [1.165, 1.54) is 0 Å². The Morgan fingerprint density at radius 2 is 1.95 bits per heavy atom. The van der Waals surface area contributed by atoms with Crippen LogP contribution >= 0.6 is 0 Å². The topological polar surface area (TPSA) is 94.4 Å². The first-order valence-electron chi connectivity index (χ1n) is 12.4. The average Bonchev–Trinajstić information content (AvgIpc) is 3.26. The van der Waals surface area contributed by atoms with E-state index in [4.69, 9.17) is 19.4 Å². The van der Waals surface area contributed by atoms with Crippen molar-refractivity contribution in [3.05, 3.63) is 65.1 Å². The van der Waals surface area contributed by atoms with Crippen LogP contribution in [0.1, 0.15) is 34.2 Å². The van der Waals surface area contributed by atoms with Crippen LogP contribution in [0.3, 0.4) is 0 Å². The molecule has 0 bridgehead atoms. The van der Waals surface area contributed by atoms with Gasteiger partial charge >= 0.3 is 0 Å². The quantitative estimate of drug-likeness (QED) is 0.328. The predicted molar refractivity (Wildman–Crippen MR) is 144 cm³/mol. The average molecular weight is 503 g/mol. The maximum Gasteiger partial charge on any atom is 0.273 e. The smallest absolute Gasteiger partial charge is 0.273 e. The lowest BCUT2D eigenvalue weighted by Gasteiger charge is -2.18. The number of carbonyl (C=O) groups excluding carboxylic acids is 1. The van der Waals surface area contributed by atoms with Crippen LogP contribution in [0.15, 0.2) is 42.6 Å². The fourth-order valence-electron chi connectivity index (χ4n) is 4.21. The van der Waals surface area contributed by atoms with Crippen LogP contribution in [0.25, 0.3) is 22.3 Å². The zero-order valence-corrected chi connectivity index (χ0v) is 22.3. The summed E-state index contributed by atoms with van der Waals surface area (Å²) in [5, 5.41) is 8.12. The third kappa shape index (κ3) is 5.56. The van der Waals surface area contributed by atoms with Gasteiger partial charge in [0.1, 0.15) is 23.8 Å². The lowest BCUT2D eigenvalue weighted by Crippen LogP contribution is -2.27. The number of carbonyl (C=O) groups is 1. The number of aromatic nitrogens is 4. The molecule has 2 heterocycles. The number of nitrogens with zero attached hydrogens (tertiary/aromatic N) is 5. The summed E-state index contributed by atoms with van der Waals surface area (Å²) in [7, 11) is 5.27. The lowest BCUT2D eigenvalue weighted by atomic mass is 10.1. The van der Waals surface area contributed by atoms with E-state index in [2.05, 4.69) is 10.4 Å². The molecule has 0 aliphatic carbocycles. The van der Waals surface area contributed by atoms with Gasteiger partial charge in [-0.2, -0.15) is 5.10 Å². The molecule has 0 unspecified atom stereocenters. The number of aryl methyl sites for hydroxylation is 2. The molecule has 9 nitrogen and oxygen atoms in total. The number of hydrogen-bond acceptors (Lipinski definition) is 7. The number of likely N-dealkylation sites (N-methyl/N-ethyl adjacent to an activating group) is 1. The van der Waals surface area contributed by atoms with Gasteiger partial charge < -0.3 is 19.7 Å². The molecule has 0 fully saturated rings. The van der Waals surface area contributed by atoms with Crippen LogP contribution in [0, 0.1) is 13.8 Å². The third-order valence-corrected chi connectivity index (χ3v) is 6.41. The number of fused-ring (bicyclic) bond motifs is 1. The molecule has 37 heavy (non-hydrogen) atoms. The van der Waals surface area contributed by atoms with Gasteiger partial charge in [0.15, 0.2) is 5.82 Å². The van der Waals surface area contributed by atoms with Gasteiger partial charge in [-0.1, -0.05) is 0 Å². The summed E-state index contributed by atoms with van der Waals surface area (Å²) in [6.45, 7) is 8.59. The summed E-state index contributed by atoms with van der Waals surface area (Å²) in [6, 6.07) is 11.3. The second kappa shape index (κ2) is 11.4. The molecule has 0 aliphatic rings. The molecule has 4 aromatic rings. The molecule has 0 radical (unpaired) electrons. The van der Waals surface area contributed by atoms with E-state index in [-0.39, 0.29) is 5.91 Å². The second-order valence-corrected chi connectivity index (χ2v) is 8.94. The minimum Gasteiger partial charge on any atom is -0.497 e. The molecule has 2 aromatic heterocycles. The van der Waals surface area contributed by atoms with Gasteiger partial charge in [0, 0.05) is 48.9 Å². The molecule has 0 saturated carbocycles. The SMILES string of the molecule is CCn1ncc(CN(C)C(=O)c2nc(-c3ccc(OCCNC)c(C)c3)nc3ccc(OC)cc23)c1C. The van der Waals surface area contributed by atoms with E-state index in [1.807, 2.05) is 75.1 Å². The maximum absolute atomic E-state index is 13.7. The predicted octanol–water partition coefficient (Wildman–Crippen LogP) is 4.01. The molecule has 4 rings (SSSR count). The van der Waals surface area contributed by atoms with Crippen LogP contribution < -0.4 is 14.8 Å². The first-order chi connectivity index (χ1) is 17.9. The van der Waals surface area contributed by atoms with Crippen molar-refractivity contribution in [1.82, 2.24) is 30.0 Å². The van der Waals surface area contributed by atoms with Crippen molar-refractivity contribution < 1.29 is 14.3 Å². The van der Waals surface area contributed by atoms with Crippen LogP contribution in [0.4, 0.5) is 0 Å². The van der Waals surface area contributed by atoms with E-state index >= 15 is 0 Å². The van der Waals surface area contributed by atoms with Crippen molar-refractivity contribution in [2.45, 2.75) is 33.9 Å². The van der Waals surface area contributed by atoms with Crippen molar-refractivity contribution in [2.75, 3.05) is 34.4 Å². The highest BCUT2D eigenvalue weighted by Gasteiger charge is 2.21. The van der Waals surface area contributed by atoms with Gasteiger partial charge in [0.2, 0.25) is 0 Å². The summed E-state index contributed by atoms with van der Waals surface area (Å²) in [4.78, 5) is 25.0. The Hall–Kier alpha value is -3.98. The highest BCUT2D eigenvalue weighted by Crippen LogP contribution is 2.29. The molecule has 0 saturated heterocycles. The largest absolute Gasteiger partial charge is 0.497 e. The Labute approximate surface area is 217 Å². The lowest BCUT2D eigenvalue weighted by molar-refractivity contribution is 0.0781. The molecule has 0 atom stereocenters. The molecule has 194 valence electrons. The molecular formula is C28H34N6O3. The van der Waals surface area contributed by atoms with E-state index in [0.29, 0.717) is 41.3 Å². The molecular weight excluding hydrogens is 468 g/mol. The molecule has 1 N–H and O–H groups in total. The molecule has 2 aromatic carbocycles. The maximum atomic E-state index is 13.7. The van der Waals surface area contributed by atoms with E-state index in [9.17, 15) is 4.79 Å². The van der Waals surface area contributed by atoms with Gasteiger partial charge in [0.25, 0.3) is 5.91 Å². The van der Waals surface area contributed by atoms with E-state index < -0.39 is 0 Å². The molecule has 1 amide bonds. The fraction of sp³-hybridized carbons (Fsp3) is 0.357. The number of nitrogens with one attached hydrogen (secondary N) is 1. The Morgan fingerprint density at radius 1 is 1.14 bits per heavy atom. The van der Waals surface area contributed by atoms with Gasteiger partial charge in [-0.25, -0.2) is 9.97 Å². The summed E-state index contributed by atoms with van der Waals surface area (Å²) < 4.78 is 13.2. The monoisotopic (exact) mass is 502 g/mol. The first-order valence-corrected chi connectivity index (χ1v) is 12.4. The van der Waals surface area contributed by atoms with Crippen LogP contribution in [-0.4, -0.2) is 64.9 Å². The van der Waals surface area contributed by atoms with E-state index in [1.54, 1.807) is 19.1 Å². The number of amides is 1. The first kappa shape index (κ1) is 26.1. The van der Waals surface area contributed by atoms with Crippen LogP contribution in [-0.2, 0) is 13.1 Å². The highest BCUT2D eigenvalue weighted by molar-refractivity contribution is 6.05. The number of ether oxygens (including phenoxy) is 2. The van der Waals surface area contributed by atoms with Crippen molar-refractivity contribution in [1.29, 1.82) is 0 Å². The van der Waals surface area contributed by atoms with Crippen molar-refractivity contribution in [2.24, 2.45) is 0 Å². The van der Waals surface area contributed by atoms with Crippen LogP contribution in [0.5, 0.6) is 11.5 Å². The van der Waals surface area contributed by atoms with E-state index in [0.717, 1.165) is 41.2 Å². The Morgan fingerprint density at radius 3 is 2.62 bits per heavy atom. The number of methoxy groups -OCH3 is 1. The second-order valence-electron chi connectivity index (χ2n) is 8.94. The van der Waals surface area contributed by atoms with Gasteiger partial charge in [-0.15, -0.1) is 0 Å². The third-order valence-electron chi connectivity index (χ3n) is 6.41. The zero-order chi connectivity index (χ0) is 26.5. The minimum atomic E-state index is -0.200. The highest BCUT2D eigenvalue weighted by atomic mass is 16.5. The van der Waals surface area contributed by atoms with Crippen molar-refractivity contribution >= 4 is 16.8 Å². The Balaban J connectivity index is 1.72. The zero-order valence-electron chi connectivity index (χ0n) is 22.3. The standard InChI is InChI=1S/C28H34N6O3/c1-7-34-19(3)21(16-30-34)17-33(5)28(35)26-23-15-22(36-6)9-10-24(23)31-27(32-26)20-8-11-25(18(2)14-20)37-13-12-29-4/h8-11,14-16,29H,7,12-13,17H2,1-6H3. The van der Waals surface area contributed by atoms with Crippen molar-refractivity contribution in [3.8, 4) is 22.9 Å². The summed E-state index contributed by atoms with van der Waals surface area (Å²) >= 11 is 0. The fourth-order valence-corrected chi connectivity index (χ4v) is 4.21. The molecule has 0 spiro atoms.